The Hall–Kier alpha value is -0.890. The van der Waals surface area contributed by atoms with Crippen molar-refractivity contribution in [2.75, 3.05) is 0 Å². The molecule has 0 bridgehead atoms. The average molecular weight is 194 g/mol. The lowest BCUT2D eigenvalue weighted by atomic mass is 10.2. The SMILES string of the molecule is CCCCC=CC(=O)c1ccsc1. The second-order valence-corrected chi connectivity index (χ2v) is 3.70. The highest BCUT2D eigenvalue weighted by atomic mass is 32.1. The van der Waals surface area contributed by atoms with Gasteiger partial charge in [-0.05, 0) is 23.9 Å². The van der Waals surface area contributed by atoms with Crippen LogP contribution in [-0.4, -0.2) is 5.78 Å². The van der Waals surface area contributed by atoms with E-state index in [1.165, 1.54) is 6.42 Å². The van der Waals surface area contributed by atoms with Crippen molar-refractivity contribution < 1.29 is 4.79 Å². The zero-order valence-electron chi connectivity index (χ0n) is 7.82. The summed E-state index contributed by atoms with van der Waals surface area (Å²) in [5, 5.41) is 3.81. The van der Waals surface area contributed by atoms with E-state index in [2.05, 4.69) is 6.92 Å². The van der Waals surface area contributed by atoms with Crippen molar-refractivity contribution in [3.8, 4) is 0 Å². The Morgan fingerprint density at radius 2 is 2.46 bits per heavy atom. The van der Waals surface area contributed by atoms with E-state index in [1.54, 1.807) is 17.4 Å². The Morgan fingerprint density at radius 3 is 3.08 bits per heavy atom. The number of allylic oxidation sites excluding steroid dienone is 2. The van der Waals surface area contributed by atoms with Gasteiger partial charge in [0.1, 0.15) is 0 Å². The monoisotopic (exact) mass is 194 g/mol. The number of carbonyl (C=O) groups is 1. The predicted octanol–water partition coefficient (Wildman–Crippen LogP) is 3.68. The second-order valence-electron chi connectivity index (χ2n) is 2.92. The van der Waals surface area contributed by atoms with E-state index < -0.39 is 0 Å². The number of carbonyl (C=O) groups excluding carboxylic acids is 1. The third-order valence-corrected chi connectivity index (χ3v) is 2.48. The first-order valence-electron chi connectivity index (χ1n) is 4.57. The van der Waals surface area contributed by atoms with Crippen LogP contribution in [0.5, 0.6) is 0 Å². The van der Waals surface area contributed by atoms with E-state index in [4.69, 9.17) is 0 Å². The summed E-state index contributed by atoms with van der Waals surface area (Å²) in [6.45, 7) is 2.15. The summed E-state index contributed by atoms with van der Waals surface area (Å²) in [6.07, 6.45) is 6.98. The highest BCUT2D eigenvalue weighted by molar-refractivity contribution is 7.08. The molecule has 1 nitrogen and oxygen atoms in total. The lowest BCUT2D eigenvalue weighted by molar-refractivity contribution is 0.104. The fourth-order valence-electron chi connectivity index (χ4n) is 1.01. The lowest BCUT2D eigenvalue weighted by Gasteiger charge is -1.89. The fourth-order valence-corrected chi connectivity index (χ4v) is 1.66. The minimum absolute atomic E-state index is 0.123. The van der Waals surface area contributed by atoms with Crippen LogP contribution < -0.4 is 0 Å². The molecule has 1 aromatic rings. The van der Waals surface area contributed by atoms with Crippen molar-refractivity contribution in [3.05, 3.63) is 34.5 Å². The minimum atomic E-state index is 0.123. The van der Waals surface area contributed by atoms with Crippen LogP contribution in [0.1, 0.15) is 36.5 Å². The summed E-state index contributed by atoms with van der Waals surface area (Å²) in [5.41, 5.74) is 0.803. The first-order valence-corrected chi connectivity index (χ1v) is 5.52. The van der Waals surface area contributed by atoms with Gasteiger partial charge in [0.2, 0.25) is 0 Å². The maximum absolute atomic E-state index is 11.4. The molecule has 0 aromatic carbocycles. The van der Waals surface area contributed by atoms with E-state index in [1.807, 2.05) is 22.9 Å². The maximum Gasteiger partial charge on any atom is 0.186 e. The molecule has 70 valence electrons. The molecule has 0 radical (unpaired) electrons. The summed E-state index contributed by atoms with van der Waals surface area (Å²) >= 11 is 1.56. The summed E-state index contributed by atoms with van der Waals surface area (Å²) in [6, 6.07) is 1.86. The van der Waals surface area contributed by atoms with Crippen LogP contribution in [0.15, 0.2) is 29.0 Å². The molecule has 0 N–H and O–H groups in total. The molecule has 0 amide bonds. The quantitative estimate of drug-likeness (QED) is 0.397. The Bertz CT molecular complexity index is 272. The van der Waals surface area contributed by atoms with Gasteiger partial charge in [0.05, 0.1) is 0 Å². The molecule has 0 aliphatic carbocycles. The van der Waals surface area contributed by atoms with Crippen LogP contribution in [0.3, 0.4) is 0 Å². The topological polar surface area (TPSA) is 17.1 Å². The molecular weight excluding hydrogens is 180 g/mol. The van der Waals surface area contributed by atoms with Crippen LogP contribution in [0, 0.1) is 0 Å². The maximum atomic E-state index is 11.4. The van der Waals surface area contributed by atoms with E-state index in [0.29, 0.717) is 0 Å². The third kappa shape index (κ3) is 3.55. The van der Waals surface area contributed by atoms with Crippen LogP contribution in [0.25, 0.3) is 0 Å². The smallest absolute Gasteiger partial charge is 0.186 e. The van der Waals surface area contributed by atoms with Gasteiger partial charge < -0.3 is 0 Å². The van der Waals surface area contributed by atoms with Crippen LogP contribution >= 0.6 is 11.3 Å². The van der Waals surface area contributed by atoms with Gasteiger partial charge >= 0.3 is 0 Å². The molecule has 2 heteroatoms. The van der Waals surface area contributed by atoms with Crippen LogP contribution in [0.2, 0.25) is 0 Å². The molecule has 1 heterocycles. The highest BCUT2D eigenvalue weighted by Crippen LogP contribution is 2.07. The molecule has 0 unspecified atom stereocenters. The Kier molecular flexibility index (Phi) is 4.47. The van der Waals surface area contributed by atoms with E-state index in [0.717, 1.165) is 18.4 Å². The van der Waals surface area contributed by atoms with Crippen LogP contribution in [-0.2, 0) is 0 Å². The van der Waals surface area contributed by atoms with Gasteiger partial charge in [-0.2, -0.15) is 11.3 Å². The molecule has 0 saturated carbocycles. The molecule has 1 aromatic heterocycles. The molecule has 0 saturated heterocycles. The van der Waals surface area contributed by atoms with Gasteiger partial charge in [-0.15, -0.1) is 0 Å². The second kappa shape index (κ2) is 5.70. The zero-order chi connectivity index (χ0) is 9.52. The molecule has 0 fully saturated rings. The Labute approximate surface area is 83.1 Å². The number of hydrogen-bond donors (Lipinski definition) is 0. The van der Waals surface area contributed by atoms with Crippen molar-refractivity contribution in [3.63, 3.8) is 0 Å². The summed E-state index contributed by atoms with van der Waals surface area (Å²) in [7, 11) is 0. The first-order chi connectivity index (χ1) is 6.34. The molecule has 0 aliphatic rings. The molecular formula is C11H14OS. The van der Waals surface area contributed by atoms with Gasteiger partial charge in [-0.3, -0.25) is 4.79 Å². The molecule has 1 rings (SSSR count). The number of ketones is 1. The van der Waals surface area contributed by atoms with Crippen molar-refractivity contribution in [2.24, 2.45) is 0 Å². The van der Waals surface area contributed by atoms with Gasteiger partial charge in [0.15, 0.2) is 5.78 Å². The summed E-state index contributed by atoms with van der Waals surface area (Å²) in [4.78, 5) is 11.4. The largest absolute Gasteiger partial charge is 0.289 e. The van der Waals surface area contributed by atoms with E-state index >= 15 is 0 Å². The fraction of sp³-hybridized carbons (Fsp3) is 0.364. The normalized spacial score (nSPS) is 10.8. The van der Waals surface area contributed by atoms with Gasteiger partial charge in [0.25, 0.3) is 0 Å². The lowest BCUT2D eigenvalue weighted by Crippen LogP contribution is -1.89. The summed E-state index contributed by atoms with van der Waals surface area (Å²) in [5.74, 6) is 0.123. The number of hydrogen-bond acceptors (Lipinski definition) is 2. The van der Waals surface area contributed by atoms with Gasteiger partial charge in [-0.25, -0.2) is 0 Å². The minimum Gasteiger partial charge on any atom is -0.289 e. The summed E-state index contributed by atoms with van der Waals surface area (Å²) < 4.78 is 0. The molecule has 0 aliphatic heterocycles. The van der Waals surface area contributed by atoms with Gasteiger partial charge in [-0.1, -0.05) is 25.8 Å². The molecule has 0 atom stereocenters. The Balaban J connectivity index is 2.38. The van der Waals surface area contributed by atoms with Crippen molar-refractivity contribution in [2.45, 2.75) is 26.2 Å². The van der Waals surface area contributed by atoms with Crippen molar-refractivity contribution in [1.29, 1.82) is 0 Å². The molecule has 0 spiro atoms. The first kappa shape index (κ1) is 10.2. The van der Waals surface area contributed by atoms with Crippen molar-refractivity contribution in [1.82, 2.24) is 0 Å². The number of rotatable bonds is 5. The average Bonchev–Trinajstić information content (AvgIpc) is 2.65. The zero-order valence-corrected chi connectivity index (χ0v) is 8.64. The predicted molar refractivity (Wildman–Crippen MR) is 57.3 cm³/mol. The van der Waals surface area contributed by atoms with E-state index in [-0.39, 0.29) is 5.78 Å². The third-order valence-electron chi connectivity index (χ3n) is 1.80. The van der Waals surface area contributed by atoms with Crippen molar-refractivity contribution >= 4 is 17.1 Å². The molecule has 13 heavy (non-hydrogen) atoms. The standard InChI is InChI=1S/C11H14OS/c1-2-3-4-5-6-11(12)10-7-8-13-9-10/h5-9H,2-4H2,1H3. The number of unbranched alkanes of at least 4 members (excludes halogenated alkanes) is 2. The van der Waals surface area contributed by atoms with Crippen LogP contribution in [0.4, 0.5) is 0 Å². The number of thiophene rings is 1. The van der Waals surface area contributed by atoms with E-state index in [9.17, 15) is 4.79 Å². The highest BCUT2D eigenvalue weighted by Gasteiger charge is 1.99. The Morgan fingerprint density at radius 1 is 1.62 bits per heavy atom. The van der Waals surface area contributed by atoms with Gasteiger partial charge in [0, 0.05) is 10.9 Å².